The van der Waals surface area contributed by atoms with Crippen LogP contribution < -0.4 is 4.74 Å². The van der Waals surface area contributed by atoms with Gasteiger partial charge in [0.2, 0.25) is 0 Å². The summed E-state index contributed by atoms with van der Waals surface area (Å²) in [5.74, 6) is 0.697. The summed E-state index contributed by atoms with van der Waals surface area (Å²) in [6.07, 6.45) is 2.86. The number of ether oxygens (including phenoxy) is 2. The van der Waals surface area contributed by atoms with E-state index in [2.05, 4.69) is 22.5 Å². The number of carbonyl (C=O) groups excluding carboxylic acids is 1. The molecule has 1 saturated heterocycles. The van der Waals surface area contributed by atoms with Gasteiger partial charge in [-0.15, -0.1) is 6.58 Å². The Hall–Kier alpha value is -1.53. The van der Waals surface area contributed by atoms with Crippen LogP contribution in [-0.2, 0) is 10.3 Å². The van der Waals surface area contributed by atoms with E-state index in [0.717, 1.165) is 10.0 Å². The van der Waals surface area contributed by atoms with Gasteiger partial charge in [0.05, 0.1) is 0 Å². The Morgan fingerprint density at radius 1 is 1.42 bits per heavy atom. The van der Waals surface area contributed by atoms with Crippen molar-refractivity contribution >= 4 is 22.0 Å². The van der Waals surface area contributed by atoms with E-state index >= 15 is 0 Å². The van der Waals surface area contributed by atoms with Gasteiger partial charge in [-0.3, -0.25) is 0 Å². The van der Waals surface area contributed by atoms with Crippen molar-refractivity contribution in [3.05, 3.63) is 40.9 Å². The summed E-state index contributed by atoms with van der Waals surface area (Å²) in [4.78, 5) is 14.0. The van der Waals surface area contributed by atoms with Crippen molar-refractivity contribution in [3.63, 3.8) is 0 Å². The van der Waals surface area contributed by atoms with Crippen LogP contribution in [0, 0.1) is 0 Å². The lowest BCUT2D eigenvalue weighted by molar-refractivity contribution is -0.139. The number of aliphatic hydroxyl groups is 1. The molecular weight excluding hydrogens is 398 g/mol. The molecule has 0 bridgehead atoms. The van der Waals surface area contributed by atoms with E-state index in [9.17, 15) is 9.90 Å². The Morgan fingerprint density at radius 3 is 2.65 bits per heavy atom. The molecule has 1 N–H and O–H groups in total. The summed E-state index contributed by atoms with van der Waals surface area (Å²) in [7, 11) is 0. The first-order valence-electron chi connectivity index (χ1n) is 8.90. The quantitative estimate of drug-likeness (QED) is 0.717. The maximum atomic E-state index is 12.3. The molecule has 1 unspecified atom stereocenters. The molecule has 1 atom stereocenters. The van der Waals surface area contributed by atoms with Gasteiger partial charge in [0.25, 0.3) is 0 Å². The van der Waals surface area contributed by atoms with Crippen molar-refractivity contribution in [1.29, 1.82) is 0 Å². The second-order valence-corrected chi connectivity index (χ2v) is 8.97. The highest BCUT2D eigenvalue weighted by atomic mass is 79.9. The molecule has 0 radical (unpaired) electrons. The lowest BCUT2D eigenvalue weighted by Crippen LogP contribution is -2.58. The molecule has 2 heterocycles. The lowest BCUT2D eigenvalue weighted by atomic mass is 9.72. The van der Waals surface area contributed by atoms with Crippen molar-refractivity contribution in [2.75, 3.05) is 13.1 Å². The third-order valence-corrected chi connectivity index (χ3v) is 5.60. The van der Waals surface area contributed by atoms with E-state index in [1.54, 1.807) is 11.0 Å². The number of hydrogen-bond acceptors (Lipinski definition) is 4. The number of piperidine rings is 1. The molecule has 0 saturated carbocycles. The Labute approximate surface area is 163 Å². The number of amides is 1. The van der Waals surface area contributed by atoms with Crippen molar-refractivity contribution in [2.24, 2.45) is 0 Å². The third-order valence-electron chi connectivity index (χ3n) is 5.11. The number of halogens is 1. The van der Waals surface area contributed by atoms with E-state index in [0.29, 0.717) is 38.1 Å². The summed E-state index contributed by atoms with van der Waals surface area (Å²) >= 11 is 3.47. The minimum absolute atomic E-state index is 0.321. The average molecular weight is 424 g/mol. The molecule has 1 fully saturated rings. The number of likely N-dealkylation sites (tertiary alicyclic amines) is 1. The predicted octanol–water partition coefficient (Wildman–Crippen LogP) is 4.37. The number of nitrogens with zero attached hydrogens (tertiary/aromatic N) is 1. The molecule has 0 aromatic heterocycles. The first kappa shape index (κ1) is 19.2. The van der Waals surface area contributed by atoms with Gasteiger partial charge in [0, 0.05) is 42.4 Å². The van der Waals surface area contributed by atoms with E-state index in [-0.39, 0.29) is 6.09 Å². The van der Waals surface area contributed by atoms with Crippen LogP contribution in [0.1, 0.15) is 45.6 Å². The number of rotatable bonds is 2. The van der Waals surface area contributed by atoms with Crippen molar-refractivity contribution in [1.82, 2.24) is 4.90 Å². The number of hydrogen-bond donors (Lipinski definition) is 1. The Bertz CT molecular complexity index is 719. The predicted molar refractivity (Wildman–Crippen MR) is 103 cm³/mol. The molecule has 2 aliphatic heterocycles. The Kier molecular flexibility index (Phi) is 4.86. The first-order valence-corrected chi connectivity index (χ1v) is 9.70. The van der Waals surface area contributed by atoms with Gasteiger partial charge in [0.1, 0.15) is 22.6 Å². The molecule has 5 nitrogen and oxygen atoms in total. The maximum absolute atomic E-state index is 12.3. The summed E-state index contributed by atoms with van der Waals surface area (Å²) < 4.78 is 12.7. The largest absolute Gasteiger partial charge is 0.483 e. The Balaban J connectivity index is 1.83. The molecule has 1 aromatic carbocycles. The normalized spacial score (nSPS) is 24.1. The number of carbonyl (C=O) groups is 1. The molecule has 2 aliphatic rings. The zero-order valence-corrected chi connectivity index (χ0v) is 17.1. The minimum Gasteiger partial charge on any atom is -0.483 e. The van der Waals surface area contributed by atoms with E-state index in [1.165, 1.54) is 0 Å². The van der Waals surface area contributed by atoms with Gasteiger partial charge in [-0.25, -0.2) is 4.79 Å². The molecular formula is C20H26BrNO4. The zero-order valence-electron chi connectivity index (χ0n) is 15.5. The molecule has 6 heteroatoms. The number of benzene rings is 1. The van der Waals surface area contributed by atoms with Crippen LogP contribution in [0.15, 0.2) is 35.3 Å². The molecule has 1 amide bonds. The molecule has 1 aromatic rings. The summed E-state index contributed by atoms with van der Waals surface area (Å²) in [5.41, 5.74) is -1.67. The van der Waals surface area contributed by atoms with Gasteiger partial charge in [-0.1, -0.05) is 22.0 Å². The van der Waals surface area contributed by atoms with Gasteiger partial charge in [0.15, 0.2) is 0 Å². The van der Waals surface area contributed by atoms with Gasteiger partial charge in [-0.2, -0.15) is 0 Å². The molecule has 142 valence electrons. The van der Waals surface area contributed by atoms with Crippen LogP contribution in [0.25, 0.3) is 0 Å². The van der Waals surface area contributed by atoms with Gasteiger partial charge < -0.3 is 19.5 Å². The van der Waals surface area contributed by atoms with E-state index in [4.69, 9.17) is 9.47 Å². The SMILES string of the molecule is C=CCC1(O)c2cc(Br)ccc2OC12CCN(C(=O)OC(C)(C)C)CC2. The van der Waals surface area contributed by atoms with Crippen LogP contribution in [0.5, 0.6) is 5.75 Å². The van der Waals surface area contributed by atoms with Crippen LogP contribution in [0.4, 0.5) is 4.79 Å². The highest BCUT2D eigenvalue weighted by Crippen LogP contribution is 2.54. The van der Waals surface area contributed by atoms with Gasteiger partial charge >= 0.3 is 6.09 Å². The zero-order chi connectivity index (χ0) is 19.2. The van der Waals surface area contributed by atoms with Crippen LogP contribution in [-0.4, -0.2) is 40.4 Å². The van der Waals surface area contributed by atoms with E-state index in [1.807, 2.05) is 39.0 Å². The second kappa shape index (κ2) is 6.57. The van der Waals surface area contributed by atoms with Crippen molar-refractivity contribution < 1.29 is 19.4 Å². The smallest absolute Gasteiger partial charge is 0.410 e. The van der Waals surface area contributed by atoms with E-state index < -0.39 is 16.8 Å². The summed E-state index contributed by atoms with van der Waals surface area (Å²) in [5, 5.41) is 11.6. The highest BCUT2D eigenvalue weighted by molar-refractivity contribution is 9.10. The Morgan fingerprint density at radius 2 is 2.08 bits per heavy atom. The maximum Gasteiger partial charge on any atom is 0.410 e. The fourth-order valence-corrected chi connectivity index (χ4v) is 4.21. The van der Waals surface area contributed by atoms with Crippen LogP contribution in [0.2, 0.25) is 0 Å². The average Bonchev–Trinajstić information content (AvgIpc) is 2.76. The molecule has 1 spiro atoms. The monoisotopic (exact) mass is 423 g/mol. The number of fused-ring (bicyclic) bond motifs is 1. The molecule has 3 rings (SSSR count). The fourth-order valence-electron chi connectivity index (χ4n) is 3.85. The summed E-state index contributed by atoms with van der Waals surface area (Å²) in [6.45, 7) is 10.3. The summed E-state index contributed by atoms with van der Waals surface area (Å²) in [6, 6.07) is 5.69. The first-order chi connectivity index (χ1) is 12.1. The minimum atomic E-state index is -1.16. The van der Waals surface area contributed by atoms with Crippen molar-refractivity contribution in [2.45, 2.75) is 56.8 Å². The van der Waals surface area contributed by atoms with Crippen LogP contribution in [0.3, 0.4) is 0 Å². The van der Waals surface area contributed by atoms with Gasteiger partial charge in [-0.05, 0) is 39.0 Å². The molecule has 0 aliphatic carbocycles. The lowest BCUT2D eigenvalue weighted by Gasteiger charge is -2.46. The van der Waals surface area contributed by atoms with Crippen LogP contribution >= 0.6 is 15.9 Å². The highest BCUT2D eigenvalue weighted by Gasteiger charge is 2.60. The standard InChI is InChI=1S/C20H26BrNO4/c1-5-8-20(24)15-13-14(21)6-7-16(15)25-19(20)9-11-22(12-10-19)17(23)26-18(2,3)4/h5-7,13,24H,1,8-12H2,2-4H3. The molecule has 26 heavy (non-hydrogen) atoms. The third kappa shape index (κ3) is 3.25. The topological polar surface area (TPSA) is 59.0 Å². The van der Waals surface area contributed by atoms with Crippen molar-refractivity contribution in [3.8, 4) is 5.75 Å². The second-order valence-electron chi connectivity index (χ2n) is 8.06. The fraction of sp³-hybridized carbons (Fsp3) is 0.550.